The summed E-state index contributed by atoms with van der Waals surface area (Å²) < 4.78 is 20.3. The zero-order valence-corrected chi connectivity index (χ0v) is 26.2. The molecular weight excluding hydrogens is 575 g/mol. The van der Waals surface area contributed by atoms with Gasteiger partial charge in [-0.25, -0.2) is 4.39 Å². The maximum absolute atomic E-state index is 14.6. The Morgan fingerprint density at radius 2 is 1.62 bits per heavy atom. The zero-order valence-electron chi connectivity index (χ0n) is 23.7. The number of thioether (sulfide) groups is 1. The fourth-order valence-electron chi connectivity index (χ4n) is 4.65. The van der Waals surface area contributed by atoms with Crippen molar-refractivity contribution >= 4 is 40.3 Å². The van der Waals surface area contributed by atoms with Gasteiger partial charge >= 0.3 is 0 Å². The van der Waals surface area contributed by atoms with Gasteiger partial charge in [-0.2, -0.15) is 0 Å². The lowest BCUT2D eigenvalue weighted by molar-refractivity contribution is 0.102. The Labute approximate surface area is 249 Å². The lowest BCUT2D eigenvalue weighted by atomic mass is 10.1. The number of unbranched alkanes of at least 4 members (excludes halogenated alkanes) is 11. The molecular formula is C32H46BrFN2O2S. The molecule has 0 radical (unpaired) electrons. The van der Waals surface area contributed by atoms with E-state index in [1.54, 1.807) is 23.9 Å². The molecule has 0 bridgehead atoms. The molecule has 0 aromatic heterocycles. The van der Waals surface area contributed by atoms with Gasteiger partial charge in [-0.3, -0.25) is 4.79 Å². The molecule has 4 nitrogen and oxygen atoms in total. The van der Waals surface area contributed by atoms with E-state index < -0.39 is 5.82 Å². The number of hydrogen-bond acceptors (Lipinski definition) is 4. The fraction of sp³-hybridized carbons (Fsp3) is 0.531. The molecule has 1 N–H and O–H groups in total. The van der Waals surface area contributed by atoms with E-state index in [4.69, 9.17) is 4.74 Å². The number of nitrogens with one attached hydrogen (secondary N) is 1. The van der Waals surface area contributed by atoms with Crippen molar-refractivity contribution in [1.29, 1.82) is 0 Å². The van der Waals surface area contributed by atoms with Crippen LogP contribution in [0.15, 0.2) is 53.6 Å². The van der Waals surface area contributed by atoms with E-state index in [1.165, 1.54) is 76.0 Å². The highest BCUT2D eigenvalue weighted by atomic mass is 79.9. The molecule has 3 rings (SSSR count). The summed E-state index contributed by atoms with van der Waals surface area (Å²) in [7, 11) is 0. The molecule has 7 heteroatoms. The number of benzene rings is 2. The van der Waals surface area contributed by atoms with E-state index in [1.807, 2.05) is 24.3 Å². The summed E-state index contributed by atoms with van der Waals surface area (Å²) >= 11 is 1.79. The van der Waals surface area contributed by atoms with Crippen molar-refractivity contribution in [3.8, 4) is 5.75 Å². The number of rotatable bonds is 18. The van der Waals surface area contributed by atoms with Gasteiger partial charge < -0.3 is 15.0 Å². The third-order valence-electron chi connectivity index (χ3n) is 6.99. The number of anilines is 1. The van der Waals surface area contributed by atoms with Crippen molar-refractivity contribution in [3.05, 3.63) is 70.5 Å². The van der Waals surface area contributed by atoms with Crippen molar-refractivity contribution in [2.24, 2.45) is 0 Å². The Morgan fingerprint density at radius 3 is 2.23 bits per heavy atom. The summed E-state index contributed by atoms with van der Waals surface area (Å²) in [5.74, 6) is 0.314. The predicted octanol–water partition coefficient (Wildman–Crippen LogP) is 10.1. The molecule has 1 aliphatic heterocycles. The monoisotopic (exact) mass is 620 g/mol. The van der Waals surface area contributed by atoms with Gasteiger partial charge in [-0.15, -0.1) is 28.7 Å². The van der Waals surface area contributed by atoms with Crippen LogP contribution in [-0.4, -0.2) is 23.3 Å². The first kappa shape index (κ1) is 33.2. The molecule has 0 aliphatic carbocycles. The zero-order chi connectivity index (χ0) is 27.0. The largest absolute Gasteiger partial charge is 0.491 e. The summed E-state index contributed by atoms with van der Waals surface area (Å²) in [6, 6.07) is 12.2. The third-order valence-corrected chi connectivity index (χ3v) is 7.96. The number of carbonyl (C=O) groups is 1. The first-order valence-corrected chi connectivity index (χ1v) is 15.5. The average molecular weight is 622 g/mol. The highest BCUT2D eigenvalue weighted by Gasteiger charge is 2.14. The van der Waals surface area contributed by atoms with Gasteiger partial charge in [-0.1, -0.05) is 89.7 Å². The maximum atomic E-state index is 14.6. The molecule has 0 spiro atoms. The average Bonchev–Trinajstić information content (AvgIpc) is 3.31. The highest BCUT2D eigenvalue weighted by molar-refractivity contribution is 8.93. The summed E-state index contributed by atoms with van der Waals surface area (Å²) in [5, 5.41) is 5.05. The van der Waals surface area contributed by atoms with Crippen LogP contribution >= 0.6 is 28.7 Å². The molecule has 216 valence electrons. The molecule has 1 aliphatic rings. The number of allylic oxidation sites excluding steroid dienone is 1. The van der Waals surface area contributed by atoms with Crippen molar-refractivity contribution in [2.45, 2.75) is 97.4 Å². The fourth-order valence-corrected chi connectivity index (χ4v) is 5.59. The molecule has 0 fully saturated rings. The van der Waals surface area contributed by atoms with E-state index in [-0.39, 0.29) is 34.2 Å². The lowest BCUT2D eigenvalue weighted by Crippen LogP contribution is -2.17. The second-order valence-corrected chi connectivity index (χ2v) is 11.1. The Balaban J connectivity index is 0.00000533. The van der Waals surface area contributed by atoms with E-state index in [0.29, 0.717) is 12.3 Å². The molecule has 1 amide bonds. The van der Waals surface area contributed by atoms with Crippen LogP contribution in [0.25, 0.3) is 0 Å². The normalized spacial score (nSPS) is 12.7. The van der Waals surface area contributed by atoms with E-state index in [2.05, 4.69) is 29.5 Å². The van der Waals surface area contributed by atoms with Crippen molar-refractivity contribution < 1.29 is 13.9 Å². The van der Waals surface area contributed by atoms with Gasteiger partial charge in [0.05, 0.1) is 12.5 Å². The molecule has 0 unspecified atom stereocenters. The van der Waals surface area contributed by atoms with Gasteiger partial charge in [0.1, 0.15) is 0 Å². The summed E-state index contributed by atoms with van der Waals surface area (Å²) in [5.41, 5.74) is 3.35. The minimum atomic E-state index is -0.501. The summed E-state index contributed by atoms with van der Waals surface area (Å²) in [6.07, 6.45) is 15.3. The molecule has 0 saturated carbocycles. The predicted molar refractivity (Wildman–Crippen MR) is 169 cm³/mol. The van der Waals surface area contributed by atoms with Crippen LogP contribution in [0.2, 0.25) is 0 Å². The Morgan fingerprint density at radius 1 is 0.949 bits per heavy atom. The van der Waals surface area contributed by atoms with Crippen molar-refractivity contribution in [3.63, 3.8) is 0 Å². The van der Waals surface area contributed by atoms with Crippen molar-refractivity contribution in [1.82, 2.24) is 4.90 Å². The smallest absolute Gasteiger partial charge is 0.255 e. The van der Waals surface area contributed by atoms with Crippen LogP contribution in [0.1, 0.15) is 107 Å². The number of nitrogens with zero attached hydrogens (tertiary/aromatic N) is 1. The van der Waals surface area contributed by atoms with Crippen molar-refractivity contribution in [2.75, 3.05) is 17.8 Å². The van der Waals surface area contributed by atoms with Crippen LogP contribution in [-0.2, 0) is 6.54 Å². The SMILES string of the molecule is Br.CCCCCCCCCCCCCCOc1ccc(C(=O)Nc2cccc(CN3CSC=C3C)c2)cc1F. The van der Waals surface area contributed by atoms with Gasteiger partial charge in [0.15, 0.2) is 11.6 Å². The van der Waals surface area contributed by atoms with Gasteiger partial charge in [0.25, 0.3) is 5.91 Å². The first-order valence-electron chi connectivity index (χ1n) is 14.4. The second-order valence-electron chi connectivity index (χ2n) is 10.3. The van der Waals surface area contributed by atoms with Crippen LogP contribution in [0.3, 0.4) is 0 Å². The summed E-state index contributed by atoms with van der Waals surface area (Å²) in [4.78, 5) is 15.0. The van der Waals surface area contributed by atoms with Crippen LogP contribution < -0.4 is 10.1 Å². The van der Waals surface area contributed by atoms with Crippen LogP contribution in [0.5, 0.6) is 5.75 Å². The van der Waals surface area contributed by atoms with E-state index in [9.17, 15) is 9.18 Å². The van der Waals surface area contributed by atoms with Gasteiger partial charge in [-0.05, 0) is 54.6 Å². The van der Waals surface area contributed by atoms with Crippen LogP contribution in [0, 0.1) is 5.82 Å². The topological polar surface area (TPSA) is 41.6 Å². The Bertz CT molecular complexity index is 1030. The van der Waals surface area contributed by atoms with Gasteiger partial charge in [0, 0.05) is 23.5 Å². The van der Waals surface area contributed by atoms with Gasteiger partial charge in [0.2, 0.25) is 0 Å². The molecule has 1 heterocycles. The highest BCUT2D eigenvalue weighted by Crippen LogP contribution is 2.25. The molecule has 39 heavy (non-hydrogen) atoms. The van der Waals surface area contributed by atoms with E-state index >= 15 is 0 Å². The maximum Gasteiger partial charge on any atom is 0.255 e. The Hall–Kier alpha value is -1.99. The first-order chi connectivity index (χ1) is 18.6. The van der Waals surface area contributed by atoms with E-state index in [0.717, 1.165) is 30.8 Å². The quantitative estimate of drug-likeness (QED) is 0.168. The minimum Gasteiger partial charge on any atom is -0.491 e. The third kappa shape index (κ3) is 12.4. The second kappa shape index (κ2) is 19.1. The number of hydrogen-bond donors (Lipinski definition) is 1. The molecule has 0 atom stereocenters. The number of carbonyl (C=O) groups excluding carboxylic acids is 1. The number of ether oxygens (including phenoxy) is 1. The van der Waals surface area contributed by atoms with Crippen LogP contribution in [0.4, 0.5) is 10.1 Å². The standard InChI is InChI=1S/C32H45FN2O2S.BrH/c1-3-4-5-6-7-8-9-10-11-12-13-14-20-37-31-19-18-28(22-30(31)33)32(36)34-29-17-15-16-27(21-29)23-35-25-38-24-26(35)2;/h15-19,21-22,24H,3-14,20,23,25H2,1-2H3,(H,34,36);1H. The summed E-state index contributed by atoms with van der Waals surface area (Å²) in [6.45, 7) is 5.65. The number of halogens is 2. The lowest BCUT2D eigenvalue weighted by Gasteiger charge is -2.19. The molecule has 0 saturated heterocycles. The molecule has 2 aromatic rings. The molecule has 2 aromatic carbocycles. The minimum absolute atomic E-state index is 0. The number of amides is 1. The Kier molecular flexibility index (Phi) is 16.3.